The van der Waals surface area contributed by atoms with Crippen LogP contribution in [0.2, 0.25) is 0 Å². The van der Waals surface area contributed by atoms with Crippen LogP contribution >= 0.6 is 0 Å². The summed E-state index contributed by atoms with van der Waals surface area (Å²) in [6.45, 7) is 7.78. The molecule has 1 aromatic carbocycles. The molecule has 2 aromatic heterocycles. The number of piperidine rings is 1. The van der Waals surface area contributed by atoms with Crippen LogP contribution in [0, 0.1) is 16.7 Å². The quantitative estimate of drug-likeness (QED) is 0.253. The van der Waals surface area contributed by atoms with Crippen LogP contribution < -0.4 is 25.6 Å². The molecule has 2 atom stereocenters. The second-order valence-electron chi connectivity index (χ2n) is 12.1. The molecule has 0 unspecified atom stereocenters. The summed E-state index contributed by atoms with van der Waals surface area (Å²) in [5, 5.41) is 35.5. The van der Waals surface area contributed by atoms with Gasteiger partial charge in [-0.1, -0.05) is 45.0 Å². The number of carbonyl (C=O) groups excluding carboxylic acids is 1. The summed E-state index contributed by atoms with van der Waals surface area (Å²) in [4.78, 5) is 15.2. The molecule has 11 heteroatoms. The van der Waals surface area contributed by atoms with Gasteiger partial charge in [-0.15, -0.1) is 10.2 Å². The van der Waals surface area contributed by atoms with Crippen molar-refractivity contribution in [3.8, 4) is 5.75 Å². The minimum Gasteiger partial charge on any atom is -0.484 e. The fourth-order valence-electron chi connectivity index (χ4n) is 5.50. The summed E-state index contributed by atoms with van der Waals surface area (Å²) in [5.74, 6) is 2.33. The van der Waals surface area contributed by atoms with Gasteiger partial charge in [0, 0.05) is 37.9 Å². The lowest BCUT2D eigenvalue weighted by Gasteiger charge is -2.32. The van der Waals surface area contributed by atoms with Gasteiger partial charge < -0.3 is 30.8 Å². The Morgan fingerprint density at radius 3 is 2.52 bits per heavy atom. The third kappa shape index (κ3) is 6.51. The fraction of sp³-hybridized carbons (Fsp3) is 0.484. The van der Waals surface area contributed by atoms with Gasteiger partial charge in [0.2, 0.25) is 5.95 Å². The first-order chi connectivity index (χ1) is 20.2. The van der Waals surface area contributed by atoms with E-state index in [1.54, 1.807) is 13.1 Å². The minimum absolute atomic E-state index is 0.167. The molecule has 11 nitrogen and oxygen atoms in total. The molecule has 42 heavy (non-hydrogen) atoms. The minimum atomic E-state index is -0.329. The van der Waals surface area contributed by atoms with Crippen LogP contribution in [-0.2, 0) is 0 Å². The number of nitrogens with zero attached hydrogens (tertiary/aromatic N) is 4. The van der Waals surface area contributed by atoms with Gasteiger partial charge in [-0.25, -0.2) is 4.79 Å². The average molecular weight is 575 g/mol. The summed E-state index contributed by atoms with van der Waals surface area (Å²) < 4.78 is 8.52. The Bertz CT molecular complexity index is 1450. The maximum absolute atomic E-state index is 13.0. The topological polar surface area (TPSA) is 140 Å². The Kier molecular flexibility index (Phi) is 8.67. The molecule has 5 rings (SSSR count). The number of nitrogens with one attached hydrogen (secondary N) is 4. The highest BCUT2D eigenvalue weighted by atomic mass is 16.5. The number of aliphatic hydroxyl groups is 1. The predicted molar refractivity (Wildman–Crippen MR) is 163 cm³/mol. The van der Waals surface area contributed by atoms with E-state index in [1.807, 2.05) is 61.7 Å². The number of pyridine rings is 1. The molecular formula is C31H42N8O3. The molecule has 3 heterocycles. The fourth-order valence-corrected chi connectivity index (χ4v) is 5.50. The van der Waals surface area contributed by atoms with Crippen molar-refractivity contribution in [3.05, 3.63) is 65.6 Å². The van der Waals surface area contributed by atoms with Crippen molar-refractivity contribution in [1.82, 2.24) is 30.5 Å². The van der Waals surface area contributed by atoms with Crippen LogP contribution in [0.4, 0.5) is 10.7 Å². The van der Waals surface area contributed by atoms with E-state index < -0.39 is 0 Å². The number of urea groups is 1. The summed E-state index contributed by atoms with van der Waals surface area (Å²) in [6, 6.07) is 11.4. The van der Waals surface area contributed by atoms with Gasteiger partial charge in [0.05, 0.1) is 12.2 Å². The van der Waals surface area contributed by atoms with Gasteiger partial charge in [-0.05, 0) is 60.9 Å². The molecule has 224 valence electrons. The van der Waals surface area contributed by atoms with Crippen LogP contribution in [0.3, 0.4) is 0 Å². The van der Waals surface area contributed by atoms with Gasteiger partial charge in [-0.2, -0.15) is 0 Å². The van der Waals surface area contributed by atoms with E-state index in [0.29, 0.717) is 23.9 Å². The lowest BCUT2D eigenvalue weighted by molar-refractivity contribution is 0.171. The highest BCUT2D eigenvalue weighted by molar-refractivity contribution is 5.97. The highest BCUT2D eigenvalue weighted by Crippen LogP contribution is 2.39. The van der Waals surface area contributed by atoms with Crippen molar-refractivity contribution in [3.63, 3.8) is 0 Å². The molecule has 2 aliphatic rings. The largest absolute Gasteiger partial charge is 0.484 e. The van der Waals surface area contributed by atoms with Crippen molar-refractivity contribution in [2.45, 2.75) is 58.6 Å². The van der Waals surface area contributed by atoms with Crippen molar-refractivity contribution in [2.24, 2.45) is 11.3 Å². The molecule has 2 amide bonds. The van der Waals surface area contributed by atoms with Gasteiger partial charge in [0.1, 0.15) is 17.7 Å². The molecular weight excluding hydrogens is 532 g/mol. The zero-order chi connectivity index (χ0) is 29.9. The van der Waals surface area contributed by atoms with Crippen LogP contribution in [0.15, 0.2) is 54.5 Å². The Labute approximate surface area is 246 Å². The molecule has 5 N–H and O–H groups in total. The third-order valence-electron chi connectivity index (χ3n) is 8.15. The standard InChI is InChI=1S/C31H42N8O3/c1-31(2,3)26(32)17-27(33-4)35-29(41)34-24-10-11-25(23-8-6-5-7-22(23)24)42-21-9-12-28-36-37-30(39(28)18-21)38-15-13-20(19-40)14-16-38/h5-9,12,17-18,20,24-25,32-33,40H,10-11,13-16,19H2,1-4H3,(H2,34,35,41)/b27-17+,32-26?/t24-,25+/m0/s1. The van der Waals surface area contributed by atoms with Gasteiger partial charge in [-0.3, -0.25) is 9.72 Å². The number of aliphatic hydroxyl groups excluding tert-OH is 1. The van der Waals surface area contributed by atoms with Crippen molar-refractivity contribution >= 4 is 23.3 Å². The van der Waals surface area contributed by atoms with E-state index in [0.717, 1.165) is 60.8 Å². The monoisotopic (exact) mass is 574 g/mol. The zero-order valence-electron chi connectivity index (χ0n) is 24.9. The number of anilines is 1. The van der Waals surface area contributed by atoms with Gasteiger partial charge >= 0.3 is 6.03 Å². The van der Waals surface area contributed by atoms with Crippen molar-refractivity contribution in [1.29, 1.82) is 5.41 Å². The predicted octanol–water partition coefficient (Wildman–Crippen LogP) is 4.32. The molecule has 0 spiro atoms. The number of ether oxygens (including phenoxy) is 1. The Morgan fingerprint density at radius 1 is 1.10 bits per heavy atom. The molecule has 0 bridgehead atoms. The van der Waals surface area contributed by atoms with Crippen molar-refractivity contribution in [2.75, 3.05) is 31.6 Å². The van der Waals surface area contributed by atoms with Crippen LogP contribution in [-0.4, -0.2) is 58.2 Å². The highest BCUT2D eigenvalue weighted by Gasteiger charge is 2.30. The van der Waals surface area contributed by atoms with E-state index in [1.165, 1.54) is 0 Å². The molecule has 0 saturated carbocycles. The van der Waals surface area contributed by atoms with E-state index in [9.17, 15) is 9.90 Å². The smallest absolute Gasteiger partial charge is 0.320 e. The Balaban J connectivity index is 1.28. The van der Waals surface area contributed by atoms with Crippen molar-refractivity contribution < 1.29 is 14.6 Å². The molecule has 3 aromatic rings. The van der Waals surface area contributed by atoms with E-state index in [-0.39, 0.29) is 30.2 Å². The number of allylic oxidation sites excluding steroid dienone is 1. The third-order valence-corrected chi connectivity index (χ3v) is 8.15. The first kappa shape index (κ1) is 29.4. The summed E-state index contributed by atoms with van der Waals surface area (Å²) in [7, 11) is 1.72. The maximum atomic E-state index is 13.0. The van der Waals surface area contributed by atoms with E-state index in [2.05, 4.69) is 37.1 Å². The second-order valence-corrected chi connectivity index (χ2v) is 12.1. The summed E-state index contributed by atoms with van der Waals surface area (Å²) >= 11 is 0. The second kappa shape index (κ2) is 12.4. The number of benzene rings is 1. The maximum Gasteiger partial charge on any atom is 0.320 e. The number of amides is 2. The molecule has 1 aliphatic carbocycles. The molecule has 0 radical (unpaired) electrons. The molecule has 1 fully saturated rings. The average Bonchev–Trinajstić information content (AvgIpc) is 3.41. The Hall–Kier alpha value is -4.12. The summed E-state index contributed by atoms with van der Waals surface area (Å²) in [6.07, 6.45) is 6.73. The van der Waals surface area contributed by atoms with Crippen LogP contribution in [0.5, 0.6) is 5.75 Å². The first-order valence-corrected chi connectivity index (χ1v) is 14.7. The summed E-state index contributed by atoms with van der Waals surface area (Å²) in [5.41, 5.74) is 2.92. The van der Waals surface area contributed by atoms with Gasteiger partial charge in [0.25, 0.3) is 0 Å². The number of hydrogen-bond donors (Lipinski definition) is 5. The van der Waals surface area contributed by atoms with Gasteiger partial charge in [0.15, 0.2) is 5.65 Å². The number of rotatable bonds is 8. The number of fused-ring (bicyclic) bond motifs is 2. The zero-order valence-corrected chi connectivity index (χ0v) is 24.9. The number of carbonyl (C=O) groups is 1. The van der Waals surface area contributed by atoms with E-state index in [4.69, 9.17) is 10.1 Å². The molecule has 1 aliphatic heterocycles. The SMILES string of the molecule is CN/C(=C\C(=N)C(C)(C)C)NC(=O)N[C@H]1CC[C@@H](Oc2ccc3nnc(N4CCC(CO)CC4)n3c2)c2ccccc21. The van der Waals surface area contributed by atoms with E-state index >= 15 is 0 Å². The number of hydrogen-bond acceptors (Lipinski definition) is 8. The lowest BCUT2D eigenvalue weighted by atomic mass is 9.85. The number of aromatic nitrogens is 3. The van der Waals surface area contributed by atoms with Crippen LogP contribution in [0.1, 0.15) is 69.7 Å². The van der Waals surface area contributed by atoms with Crippen LogP contribution in [0.25, 0.3) is 5.65 Å². The Morgan fingerprint density at radius 2 is 1.83 bits per heavy atom. The normalized spacial score (nSPS) is 19.7. The first-order valence-electron chi connectivity index (χ1n) is 14.7. The lowest BCUT2D eigenvalue weighted by Crippen LogP contribution is -2.42. The molecule has 1 saturated heterocycles.